The highest BCUT2D eigenvalue weighted by atomic mass is 19.1. The molecule has 1 amide bonds. The minimum Gasteiger partial charge on any atom is -0.389 e. The fourth-order valence-corrected chi connectivity index (χ4v) is 1.98. The number of anilines is 1. The standard InChI is InChI=1S/C14H21FN2O2/c1-4-16-13(19)9-17(5-2)14-11(10(3)18)7-6-8-12(14)15/h6-8,10,18H,4-5,9H2,1-3H3,(H,16,19)/t10-/m1/s1. The number of para-hydroxylation sites is 1. The summed E-state index contributed by atoms with van der Waals surface area (Å²) in [7, 11) is 0. The van der Waals surface area contributed by atoms with E-state index in [1.54, 1.807) is 24.0 Å². The SMILES string of the molecule is CCNC(=O)CN(CC)c1c(F)cccc1[C@@H](C)O. The van der Waals surface area contributed by atoms with Crippen molar-refractivity contribution in [3.8, 4) is 0 Å². The number of aliphatic hydroxyl groups is 1. The summed E-state index contributed by atoms with van der Waals surface area (Å²) >= 11 is 0. The summed E-state index contributed by atoms with van der Waals surface area (Å²) in [5.74, 6) is -0.589. The van der Waals surface area contributed by atoms with Gasteiger partial charge in [0.25, 0.3) is 0 Å². The molecule has 0 aliphatic carbocycles. The van der Waals surface area contributed by atoms with E-state index in [1.807, 2.05) is 13.8 Å². The number of hydrogen-bond acceptors (Lipinski definition) is 3. The summed E-state index contributed by atoms with van der Waals surface area (Å²) in [5, 5.41) is 12.4. The minimum absolute atomic E-state index is 0.0744. The summed E-state index contributed by atoms with van der Waals surface area (Å²) in [5.41, 5.74) is 0.789. The van der Waals surface area contributed by atoms with Crippen molar-refractivity contribution in [2.45, 2.75) is 26.9 Å². The Morgan fingerprint density at radius 1 is 1.47 bits per heavy atom. The molecular weight excluding hydrogens is 247 g/mol. The van der Waals surface area contributed by atoms with Crippen molar-refractivity contribution in [1.82, 2.24) is 5.32 Å². The molecule has 4 nitrogen and oxygen atoms in total. The Labute approximate surface area is 113 Å². The number of aliphatic hydroxyl groups excluding tert-OH is 1. The number of likely N-dealkylation sites (N-methyl/N-ethyl adjacent to an activating group) is 2. The first-order valence-corrected chi connectivity index (χ1v) is 6.49. The van der Waals surface area contributed by atoms with Crippen molar-refractivity contribution < 1.29 is 14.3 Å². The van der Waals surface area contributed by atoms with E-state index in [0.717, 1.165) is 0 Å². The summed E-state index contributed by atoms with van der Waals surface area (Å²) in [6.07, 6.45) is -0.783. The molecule has 0 fully saturated rings. The Hall–Kier alpha value is -1.62. The number of benzene rings is 1. The number of nitrogens with zero attached hydrogens (tertiary/aromatic N) is 1. The molecule has 1 aromatic carbocycles. The number of carbonyl (C=O) groups is 1. The second-order valence-electron chi connectivity index (χ2n) is 4.32. The maximum Gasteiger partial charge on any atom is 0.239 e. The predicted octanol–water partition coefficient (Wildman–Crippen LogP) is 1.84. The largest absolute Gasteiger partial charge is 0.389 e. The van der Waals surface area contributed by atoms with Crippen LogP contribution in [0.3, 0.4) is 0 Å². The lowest BCUT2D eigenvalue weighted by atomic mass is 10.1. The molecule has 0 aliphatic heterocycles. The molecule has 0 saturated heterocycles. The quantitative estimate of drug-likeness (QED) is 0.827. The molecule has 19 heavy (non-hydrogen) atoms. The lowest BCUT2D eigenvalue weighted by Gasteiger charge is -2.26. The third-order valence-corrected chi connectivity index (χ3v) is 2.87. The smallest absolute Gasteiger partial charge is 0.239 e. The molecule has 1 rings (SSSR count). The number of nitrogens with one attached hydrogen (secondary N) is 1. The average molecular weight is 268 g/mol. The Bertz CT molecular complexity index is 435. The lowest BCUT2D eigenvalue weighted by molar-refractivity contribution is -0.119. The Balaban J connectivity index is 3.07. The molecule has 0 bridgehead atoms. The van der Waals surface area contributed by atoms with Crippen LogP contribution in [0.25, 0.3) is 0 Å². The maximum atomic E-state index is 14.0. The normalized spacial score (nSPS) is 12.1. The molecule has 2 N–H and O–H groups in total. The van der Waals surface area contributed by atoms with E-state index in [2.05, 4.69) is 5.32 Å². The zero-order valence-corrected chi connectivity index (χ0v) is 11.6. The number of halogens is 1. The zero-order chi connectivity index (χ0) is 14.4. The van der Waals surface area contributed by atoms with Crippen LogP contribution in [-0.4, -0.2) is 30.6 Å². The monoisotopic (exact) mass is 268 g/mol. The summed E-state index contributed by atoms with van der Waals surface area (Å²) in [6.45, 7) is 6.36. The van der Waals surface area contributed by atoms with E-state index in [-0.39, 0.29) is 12.5 Å². The first kappa shape index (κ1) is 15.4. The third-order valence-electron chi connectivity index (χ3n) is 2.87. The molecule has 0 aromatic heterocycles. The number of amides is 1. The van der Waals surface area contributed by atoms with Gasteiger partial charge in [-0.1, -0.05) is 12.1 Å². The van der Waals surface area contributed by atoms with Gasteiger partial charge in [-0.15, -0.1) is 0 Å². The van der Waals surface area contributed by atoms with E-state index in [0.29, 0.717) is 24.3 Å². The molecular formula is C14H21FN2O2. The summed E-state index contributed by atoms with van der Waals surface area (Å²) < 4.78 is 14.0. The van der Waals surface area contributed by atoms with E-state index in [1.165, 1.54) is 6.07 Å². The average Bonchev–Trinajstić information content (AvgIpc) is 2.36. The third kappa shape index (κ3) is 3.92. The van der Waals surface area contributed by atoms with Gasteiger partial charge in [0.1, 0.15) is 5.82 Å². The van der Waals surface area contributed by atoms with Crippen molar-refractivity contribution in [2.24, 2.45) is 0 Å². The van der Waals surface area contributed by atoms with Gasteiger partial charge >= 0.3 is 0 Å². The van der Waals surface area contributed by atoms with Crippen LogP contribution in [0.4, 0.5) is 10.1 Å². The fraction of sp³-hybridized carbons (Fsp3) is 0.500. The van der Waals surface area contributed by atoms with Gasteiger partial charge in [-0.2, -0.15) is 0 Å². The first-order valence-electron chi connectivity index (χ1n) is 6.49. The molecule has 1 aromatic rings. The van der Waals surface area contributed by atoms with Crippen LogP contribution in [-0.2, 0) is 4.79 Å². The van der Waals surface area contributed by atoms with Gasteiger partial charge in [0.2, 0.25) is 5.91 Å². The summed E-state index contributed by atoms with van der Waals surface area (Å²) in [4.78, 5) is 13.3. The van der Waals surface area contributed by atoms with Gasteiger partial charge in [0, 0.05) is 18.7 Å². The van der Waals surface area contributed by atoms with Crippen molar-refractivity contribution in [3.63, 3.8) is 0 Å². The fourth-order valence-electron chi connectivity index (χ4n) is 1.98. The van der Waals surface area contributed by atoms with Crippen molar-refractivity contribution in [2.75, 3.05) is 24.5 Å². The molecule has 0 heterocycles. The molecule has 0 spiro atoms. The molecule has 0 unspecified atom stereocenters. The van der Waals surface area contributed by atoms with Crippen LogP contribution in [0, 0.1) is 5.82 Å². The van der Waals surface area contributed by atoms with E-state index in [4.69, 9.17) is 0 Å². The molecule has 5 heteroatoms. The summed E-state index contributed by atoms with van der Waals surface area (Å²) in [6, 6.07) is 4.56. The minimum atomic E-state index is -0.783. The van der Waals surface area contributed by atoms with Gasteiger partial charge in [-0.05, 0) is 26.8 Å². The molecule has 0 aliphatic rings. The highest BCUT2D eigenvalue weighted by Gasteiger charge is 2.19. The predicted molar refractivity (Wildman–Crippen MR) is 73.6 cm³/mol. The highest BCUT2D eigenvalue weighted by molar-refractivity contribution is 5.81. The molecule has 106 valence electrons. The van der Waals surface area contributed by atoms with E-state index < -0.39 is 11.9 Å². The van der Waals surface area contributed by atoms with Gasteiger partial charge in [-0.3, -0.25) is 4.79 Å². The zero-order valence-electron chi connectivity index (χ0n) is 11.6. The Kier molecular flexibility index (Phi) is 5.76. The second-order valence-corrected chi connectivity index (χ2v) is 4.32. The molecule has 0 saturated carbocycles. The van der Waals surface area contributed by atoms with Crippen LogP contribution in [0.15, 0.2) is 18.2 Å². The van der Waals surface area contributed by atoms with Crippen LogP contribution >= 0.6 is 0 Å². The van der Waals surface area contributed by atoms with Crippen LogP contribution < -0.4 is 10.2 Å². The molecule has 0 radical (unpaired) electrons. The van der Waals surface area contributed by atoms with Crippen LogP contribution in [0.1, 0.15) is 32.4 Å². The Morgan fingerprint density at radius 3 is 2.68 bits per heavy atom. The highest BCUT2D eigenvalue weighted by Crippen LogP contribution is 2.29. The van der Waals surface area contributed by atoms with Crippen molar-refractivity contribution >= 4 is 11.6 Å². The number of rotatable bonds is 6. The Morgan fingerprint density at radius 2 is 2.16 bits per heavy atom. The van der Waals surface area contributed by atoms with Crippen molar-refractivity contribution in [1.29, 1.82) is 0 Å². The van der Waals surface area contributed by atoms with E-state index in [9.17, 15) is 14.3 Å². The van der Waals surface area contributed by atoms with Gasteiger partial charge in [0.05, 0.1) is 18.3 Å². The van der Waals surface area contributed by atoms with Gasteiger partial charge in [-0.25, -0.2) is 4.39 Å². The van der Waals surface area contributed by atoms with Gasteiger partial charge in [0.15, 0.2) is 0 Å². The number of hydrogen-bond donors (Lipinski definition) is 2. The lowest BCUT2D eigenvalue weighted by Crippen LogP contribution is -2.38. The number of carbonyl (C=O) groups excluding carboxylic acids is 1. The van der Waals surface area contributed by atoms with E-state index >= 15 is 0 Å². The second kappa shape index (κ2) is 7.09. The van der Waals surface area contributed by atoms with Crippen LogP contribution in [0.2, 0.25) is 0 Å². The van der Waals surface area contributed by atoms with Gasteiger partial charge < -0.3 is 15.3 Å². The maximum absolute atomic E-state index is 14.0. The first-order chi connectivity index (χ1) is 9.01. The molecule has 1 atom stereocenters. The van der Waals surface area contributed by atoms with Crippen molar-refractivity contribution in [3.05, 3.63) is 29.6 Å². The van der Waals surface area contributed by atoms with Crippen LogP contribution in [0.5, 0.6) is 0 Å². The topological polar surface area (TPSA) is 52.6 Å².